The van der Waals surface area contributed by atoms with Gasteiger partial charge in [-0.1, -0.05) is 184 Å². The number of nitrogens with zero attached hydrogens (tertiary/aromatic N) is 1. The first-order chi connectivity index (χ1) is 31.0. The molecule has 10 aromatic carbocycles. The van der Waals surface area contributed by atoms with Crippen molar-refractivity contribution in [1.29, 1.82) is 0 Å². The van der Waals surface area contributed by atoms with E-state index in [0.717, 1.165) is 17.1 Å². The Morgan fingerprint density at radius 3 is 1.73 bits per heavy atom. The minimum absolute atomic E-state index is 0.0489. The number of rotatable bonds is 7. The van der Waals surface area contributed by atoms with Crippen LogP contribution in [0.4, 0.5) is 17.1 Å². The van der Waals surface area contributed by atoms with Crippen LogP contribution in [0.1, 0.15) is 25.0 Å². The second-order valence-electron chi connectivity index (χ2n) is 17.3. The predicted octanol–water partition coefficient (Wildman–Crippen LogP) is 17.7. The molecule has 0 amide bonds. The summed E-state index contributed by atoms with van der Waals surface area (Å²) in [6.07, 6.45) is 0. The molecule has 0 spiro atoms. The Hall–Kier alpha value is -7.52. The molecule has 0 saturated heterocycles. The maximum absolute atomic E-state index is 2.41. The smallest absolute Gasteiger partial charge is 0.0467 e. The number of thiophene rings is 1. The van der Waals surface area contributed by atoms with Crippen LogP contribution in [0.15, 0.2) is 224 Å². The molecule has 0 saturated carbocycles. The third-order valence-corrected chi connectivity index (χ3v) is 14.5. The molecule has 1 aromatic heterocycles. The average molecular weight is 822 g/mol. The lowest BCUT2D eigenvalue weighted by Crippen LogP contribution is -2.14. The van der Waals surface area contributed by atoms with Crippen molar-refractivity contribution in [2.75, 3.05) is 4.90 Å². The van der Waals surface area contributed by atoms with Crippen molar-refractivity contribution in [3.8, 4) is 55.6 Å². The zero-order valence-corrected chi connectivity index (χ0v) is 36.0. The van der Waals surface area contributed by atoms with E-state index in [4.69, 9.17) is 0 Å². The van der Waals surface area contributed by atoms with Gasteiger partial charge in [0.15, 0.2) is 0 Å². The van der Waals surface area contributed by atoms with E-state index < -0.39 is 0 Å². The molecule has 298 valence electrons. The quantitative estimate of drug-likeness (QED) is 0.155. The second kappa shape index (κ2) is 14.8. The molecule has 12 rings (SSSR count). The SMILES string of the molecule is CC1(C)c2ccccc2-c2ccc(-c3ccc(N(c4ccc(-c5cccc6c5sc5ccccc56)cc4)c4cccc(-c5cccc(-c6cccc7ccccc67)c5)c4)cc3)cc21. The van der Waals surface area contributed by atoms with E-state index in [1.54, 1.807) is 0 Å². The third kappa shape index (κ3) is 6.29. The highest BCUT2D eigenvalue weighted by molar-refractivity contribution is 7.26. The average Bonchev–Trinajstić information content (AvgIpc) is 3.84. The highest BCUT2D eigenvalue weighted by atomic mass is 32.1. The van der Waals surface area contributed by atoms with Crippen LogP contribution in [-0.2, 0) is 5.41 Å². The Kier molecular flexibility index (Phi) is 8.77. The Balaban J connectivity index is 0.943. The molecule has 1 aliphatic carbocycles. The summed E-state index contributed by atoms with van der Waals surface area (Å²) in [4.78, 5) is 2.40. The zero-order chi connectivity index (χ0) is 42.1. The molecule has 63 heavy (non-hydrogen) atoms. The lowest BCUT2D eigenvalue weighted by Gasteiger charge is -2.26. The summed E-state index contributed by atoms with van der Waals surface area (Å²) in [6, 6.07) is 82.8. The predicted molar refractivity (Wildman–Crippen MR) is 271 cm³/mol. The summed E-state index contributed by atoms with van der Waals surface area (Å²) in [5, 5.41) is 5.15. The lowest BCUT2D eigenvalue weighted by molar-refractivity contribution is 0.660. The van der Waals surface area contributed by atoms with Crippen LogP contribution in [0.25, 0.3) is 86.6 Å². The molecule has 1 heterocycles. The maximum Gasteiger partial charge on any atom is 0.0467 e. The van der Waals surface area contributed by atoms with Gasteiger partial charge in [0.1, 0.15) is 0 Å². The Bertz CT molecular complexity index is 3530. The van der Waals surface area contributed by atoms with E-state index >= 15 is 0 Å². The van der Waals surface area contributed by atoms with Crippen LogP contribution in [0.2, 0.25) is 0 Å². The Morgan fingerprint density at radius 2 is 0.889 bits per heavy atom. The second-order valence-corrected chi connectivity index (χ2v) is 18.4. The van der Waals surface area contributed by atoms with Crippen LogP contribution >= 0.6 is 11.3 Å². The van der Waals surface area contributed by atoms with E-state index in [2.05, 4.69) is 243 Å². The molecule has 11 aromatic rings. The number of hydrogen-bond donors (Lipinski definition) is 0. The number of anilines is 3. The highest BCUT2D eigenvalue weighted by Gasteiger charge is 2.35. The molecule has 0 aliphatic heterocycles. The van der Waals surface area contributed by atoms with Gasteiger partial charge < -0.3 is 4.90 Å². The van der Waals surface area contributed by atoms with Gasteiger partial charge in [-0.2, -0.15) is 0 Å². The van der Waals surface area contributed by atoms with E-state index in [0.29, 0.717) is 0 Å². The first-order valence-electron chi connectivity index (χ1n) is 21.8. The summed E-state index contributed by atoms with van der Waals surface area (Å²) in [5.41, 5.74) is 18.5. The van der Waals surface area contributed by atoms with Crippen molar-refractivity contribution in [2.24, 2.45) is 0 Å². The molecule has 0 unspecified atom stereocenters. The minimum atomic E-state index is -0.0489. The van der Waals surface area contributed by atoms with Gasteiger partial charge in [0.05, 0.1) is 0 Å². The normalized spacial score (nSPS) is 12.7. The first kappa shape index (κ1) is 37.3. The van der Waals surface area contributed by atoms with Crippen LogP contribution in [0, 0.1) is 0 Å². The van der Waals surface area contributed by atoms with Gasteiger partial charge in [-0.15, -0.1) is 11.3 Å². The fraction of sp³-hybridized carbons (Fsp3) is 0.0492. The van der Waals surface area contributed by atoms with Crippen molar-refractivity contribution in [2.45, 2.75) is 19.3 Å². The largest absolute Gasteiger partial charge is 0.310 e. The van der Waals surface area contributed by atoms with Crippen molar-refractivity contribution in [3.63, 3.8) is 0 Å². The van der Waals surface area contributed by atoms with Gasteiger partial charge in [0.2, 0.25) is 0 Å². The topological polar surface area (TPSA) is 3.24 Å². The number of hydrogen-bond acceptors (Lipinski definition) is 2. The minimum Gasteiger partial charge on any atom is -0.310 e. The number of fused-ring (bicyclic) bond motifs is 7. The van der Waals surface area contributed by atoms with Gasteiger partial charge in [-0.25, -0.2) is 0 Å². The van der Waals surface area contributed by atoms with Gasteiger partial charge in [0, 0.05) is 42.6 Å². The van der Waals surface area contributed by atoms with Crippen molar-refractivity contribution >= 4 is 59.3 Å². The summed E-state index contributed by atoms with van der Waals surface area (Å²) < 4.78 is 2.65. The van der Waals surface area contributed by atoms with Gasteiger partial charge in [0.25, 0.3) is 0 Å². The molecule has 0 radical (unpaired) electrons. The van der Waals surface area contributed by atoms with Crippen molar-refractivity contribution in [3.05, 3.63) is 236 Å². The van der Waals surface area contributed by atoms with E-state index in [9.17, 15) is 0 Å². The highest BCUT2D eigenvalue weighted by Crippen LogP contribution is 2.50. The van der Waals surface area contributed by atoms with Gasteiger partial charge in [-0.3, -0.25) is 0 Å². The third-order valence-electron chi connectivity index (χ3n) is 13.3. The molecule has 2 heteroatoms. The fourth-order valence-electron chi connectivity index (χ4n) is 10.1. The van der Waals surface area contributed by atoms with E-state index in [-0.39, 0.29) is 5.41 Å². The lowest BCUT2D eigenvalue weighted by atomic mass is 9.81. The zero-order valence-electron chi connectivity index (χ0n) is 35.2. The molecular formula is C61H43NS. The van der Waals surface area contributed by atoms with E-state index in [1.165, 1.54) is 97.7 Å². The monoisotopic (exact) mass is 821 g/mol. The molecule has 1 nitrogen and oxygen atoms in total. The maximum atomic E-state index is 2.41. The fourth-order valence-corrected chi connectivity index (χ4v) is 11.3. The molecule has 0 N–H and O–H groups in total. The molecular weight excluding hydrogens is 779 g/mol. The van der Waals surface area contributed by atoms with E-state index in [1.807, 2.05) is 11.3 Å². The van der Waals surface area contributed by atoms with Crippen LogP contribution in [0.3, 0.4) is 0 Å². The summed E-state index contributed by atoms with van der Waals surface area (Å²) >= 11 is 1.88. The number of benzene rings is 10. The Morgan fingerprint density at radius 1 is 0.333 bits per heavy atom. The molecule has 1 aliphatic rings. The first-order valence-corrected chi connectivity index (χ1v) is 22.6. The Labute approximate surface area is 372 Å². The van der Waals surface area contributed by atoms with Gasteiger partial charge >= 0.3 is 0 Å². The van der Waals surface area contributed by atoms with Crippen LogP contribution < -0.4 is 4.90 Å². The van der Waals surface area contributed by atoms with Crippen molar-refractivity contribution in [1.82, 2.24) is 0 Å². The van der Waals surface area contributed by atoms with Crippen molar-refractivity contribution < 1.29 is 0 Å². The molecule has 0 fully saturated rings. The standard InChI is InChI=1S/C61H43NS/c1-61(2)57-25-7-5-20-53(57)54-36-31-45(39-58(54)61)40-27-32-47(33-28-40)62(48-34-29-42(30-35-48)52-23-12-24-56-55-21-6-8-26-59(55)63-60(52)56)49-18-10-16-44(38-49)43-15-9-17-46(37-43)51-22-11-14-41-13-3-4-19-50(41)51/h3-39H,1-2H3. The van der Waals surface area contributed by atoms with Crippen LogP contribution in [-0.4, -0.2) is 0 Å². The summed E-state index contributed by atoms with van der Waals surface area (Å²) in [6.45, 7) is 4.70. The summed E-state index contributed by atoms with van der Waals surface area (Å²) in [5.74, 6) is 0. The van der Waals surface area contributed by atoms with Crippen LogP contribution in [0.5, 0.6) is 0 Å². The molecule has 0 bridgehead atoms. The molecule has 0 atom stereocenters. The van der Waals surface area contributed by atoms with Gasteiger partial charge in [-0.05, 0) is 132 Å². The summed E-state index contributed by atoms with van der Waals surface area (Å²) in [7, 11) is 0.